The van der Waals surface area contributed by atoms with Crippen molar-refractivity contribution in [1.82, 2.24) is 19.6 Å². The lowest BCUT2D eigenvalue weighted by Crippen LogP contribution is -2.55. The Labute approximate surface area is 162 Å². The van der Waals surface area contributed by atoms with E-state index in [1.54, 1.807) is 18.9 Å². The summed E-state index contributed by atoms with van der Waals surface area (Å²) < 4.78 is 0. The van der Waals surface area contributed by atoms with Crippen LogP contribution in [0, 0.1) is 0 Å². The molecule has 7 heteroatoms. The standard InChI is InChI=1S/C20H32N4O3/c1-17(19(26)23-13-11-21(2)12-14-23)22(3)20(27)24(15-16-25)10-9-18-7-5-4-6-8-18/h4-8,17,25H,9-16H2,1-3H3. The van der Waals surface area contributed by atoms with E-state index in [9.17, 15) is 14.7 Å². The van der Waals surface area contributed by atoms with E-state index in [1.807, 2.05) is 42.3 Å². The number of amides is 3. The minimum Gasteiger partial charge on any atom is -0.395 e. The lowest BCUT2D eigenvalue weighted by Gasteiger charge is -2.37. The molecule has 1 aliphatic heterocycles. The smallest absolute Gasteiger partial charge is 0.320 e. The van der Waals surface area contributed by atoms with Gasteiger partial charge in [-0.3, -0.25) is 4.79 Å². The Balaban J connectivity index is 1.95. The molecule has 1 heterocycles. The van der Waals surface area contributed by atoms with Crippen LogP contribution in [-0.4, -0.2) is 103 Å². The third-order valence-corrected chi connectivity index (χ3v) is 5.21. The molecule has 3 amide bonds. The highest BCUT2D eigenvalue weighted by Crippen LogP contribution is 2.10. The first-order valence-electron chi connectivity index (χ1n) is 9.58. The first-order chi connectivity index (χ1) is 12.9. The average molecular weight is 377 g/mol. The Morgan fingerprint density at radius 1 is 1.11 bits per heavy atom. The van der Waals surface area contributed by atoms with Gasteiger partial charge in [0.2, 0.25) is 5.91 Å². The van der Waals surface area contributed by atoms with Crippen molar-refractivity contribution in [3.05, 3.63) is 35.9 Å². The zero-order chi connectivity index (χ0) is 19.8. The summed E-state index contributed by atoms with van der Waals surface area (Å²) in [7, 11) is 3.70. The van der Waals surface area contributed by atoms with Crippen LogP contribution in [0.3, 0.4) is 0 Å². The van der Waals surface area contributed by atoms with Crippen molar-refractivity contribution in [3.8, 4) is 0 Å². The monoisotopic (exact) mass is 376 g/mol. The molecule has 7 nitrogen and oxygen atoms in total. The Morgan fingerprint density at radius 2 is 1.74 bits per heavy atom. The molecule has 2 rings (SSSR count). The number of piperazine rings is 1. The highest BCUT2D eigenvalue weighted by atomic mass is 16.3. The molecule has 0 radical (unpaired) electrons. The molecule has 0 aliphatic carbocycles. The fraction of sp³-hybridized carbons (Fsp3) is 0.600. The SMILES string of the molecule is CC(C(=O)N1CCN(C)CC1)N(C)C(=O)N(CCO)CCc1ccccc1. The number of hydrogen-bond donors (Lipinski definition) is 1. The van der Waals surface area contributed by atoms with Crippen LogP contribution >= 0.6 is 0 Å². The number of benzene rings is 1. The zero-order valence-corrected chi connectivity index (χ0v) is 16.7. The largest absolute Gasteiger partial charge is 0.395 e. The second-order valence-electron chi connectivity index (χ2n) is 7.14. The highest BCUT2D eigenvalue weighted by molar-refractivity contribution is 5.86. The van der Waals surface area contributed by atoms with Crippen molar-refractivity contribution in [2.45, 2.75) is 19.4 Å². The van der Waals surface area contributed by atoms with Crippen LogP contribution in [0.15, 0.2) is 30.3 Å². The lowest BCUT2D eigenvalue weighted by atomic mass is 10.1. The van der Waals surface area contributed by atoms with Crippen molar-refractivity contribution in [1.29, 1.82) is 0 Å². The Kier molecular flexibility index (Phi) is 8.06. The van der Waals surface area contributed by atoms with E-state index in [-0.39, 0.29) is 25.1 Å². The Hall–Kier alpha value is -2.12. The molecule has 27 heavy (non-hydrogen) atoms. The second-order valence-corrected chi connectivity index (χ2v) is 7.14. The Bertz CT molecular complexity index is 603. The number of carbonyl (C=O) groups is 2. The number of aliphatic hydroxyl groups excluding tert-OH is 1. The van der Waals surface area contributed by atoms with Gasteiger partial charge >= 0.3 is 6.03 Å². The molecule has 150 valence electrons. The van der Waals surface area contributed by atoms with Gasteiger partial charge in [-0.05, 0) is 26.0 Å². The second kappa shape index (κ2) is 10.3. The number of aliphatic hydroxyl groups is 1. The van der Waals surface area contributed by atoms with Crippen molar-refractivity contribution in [3.63, 3.8) is 0 Å². The van der Waals surface area contributed by atoms with Gasteiger partial charge in [0.1, 0.15) is 6.04 Å². The topological polar surface area (TPSA) is 67.3 Å². The number of urea groups is 1. The van der Waals surface area contributed by atoms with E-state index in [0.29, 0.717) is 26.1 Å². The predicted octanol–water partition coefficient (Wildman–Crippen LogP) is 0.738. The summed E-state index contributed by atoms with van der Waals surface area (Å²) in [6, 6.07) is 9.18. The molecule has 0 aromatic heterocycles. The van der Waals surface area contributed by atoms with E-state index in [1.165, 1.54) is 4.90 Å². The van der Waals surface area contributed by atoms with Gasteiger partial charge < -0.3 is 24.7 Å². The number of rotatable bonds is 7. The van der Waals surface area contributed by atoms with Crippen molar-refractivity contribution in [2.24, 2.45) is 0 Å². The molecular formula is C20H32N4O3. The summed E-state index contributed by atoms with van der Waals surface area (Å²) in [6.07, 6.45) is 0.710. The predicted molar refractivity (Wildman–Crippen MR) is 106 cm³/mol. The molecule has 1 atom stereocenters. The molecule has 1 aliphatic rings. The van der Waals surface area contributed by atoms with E-state index >= 15 is 0 Å². The maximum atomic E-state index is 12.9. The summed E-state index contributed by atoms with van der Waals surface area (Å²) in [4.78, 5) is 32.8. The minimum absolute atomic E-state index is 0.0223. The van der Waals surface area contributed by atoms with Gasteiger partial charge in [-0.15, -0.1) is 0 Å². The fourth-order valence-corrected chi connectivity index (χ4v) is 3.18. The fourth-order valence-electron chi connectivity index (χ4n) is 3.18. The highest BCUT2D eigenvalue weighted by Gasteiger charge is 2.30. The van der Waals surface area contributed by atoms with Crippen molar-refractivity contribution in [2.75, 3.05) is 60.0 Å². The van der Waals surface area contributed by atoms with E-state index in [2.05, 4.69) is 4.90 Å². The van der Waals surface area contributed by atoms with Crippen LogP contribution < -0.4 is 0 Å². The molecule has 1 aromatic carbocycles. The molecule has 1 N–H and O–H groups in total. The van der Waals surface area contributed by atoms with Crippen molar-refractivity contribution < 1.29 is 14.7 Å². The average Bonchev–Trinajstić information content (AvgIpc) is 2.70. The van der Waals surface area contributed by atoms with Crippen LogP contribution in [0.2, 0.25) is 0 Å². The normalized spacial score (nSPS) is 16.1. The van der Waals surface area contributed by atoms with E-state index < -0.39 is 6.04 Å². The maximum absolute atomic E-state index is 12.9. The van der Waals surface area contributed by atoms with Crippen molar-refractivity contribution >= 4 is 11.9 Å². The van der Waals surface area contributed by atoms with Crippen LogP contribution in [0.25, 0.3) is 0 Å². The first-order valence-corrected chi connectivity index (χ1v) is 9.58. The molecule has 1 fully saturated rings. The van der Waals surface area contributed by atoms with Gasteiger partial charge in [0, 0.05) is 46.3 Å². The quantitative estimate of drug-likeness (QED) is 0.762. The van der Waals surface area contributed by atoms with Gasteiger partial charge in [0.05, 0.1) is 6.61 Å². The summed E-state index contributed by atoms with van der Waals surface area (Å²) >= 11 is 0. The molecule has 0 saturated carbocycles. The van der Waals surface area contributed by atoms with E-state index in [4.69, 9.17) is 0 Å². The summed E-state index contributed by atoms with van der Waals surface area (Å²) in [5, 5.41) is 9.35. The number of likely N-dealkylation sites (N-methyl/N-ethyl adjacent to an activating group) is 2. The number of hydrogen-bond acceptors (Lipinski definition) is 4. The van der Waals surface area contributed by atoms with Crippen LogP contribution in [-0.2, 0) is 11.2 Å². The van der Waals surface area contributed by atoms with Gasteiger partial charge in [0.25, 0.3) is 0 Å². The molecule has 1 saturated heterocycles. The maximum Gasteiger partial charge on any atom is 0.320 e. The van der Waals surface area contributed by atoms with Gasteiger partial charge in [-0.2, -0.15) is 0 Å². The Morgan fingerprint density at radius 3 is 2.33 bits per heavy atom. The zero-order valence-electron chi connectivity index (χ0n) is 16.7. The molecule has 0 bridgehead atoms. The number of nitrogens with zero attached hydrogens (tertiary/aromatic N) is 4. The van der Waals surface area contributed by atoms with Crippen LogP contribution in [0.4, 0.5) is 4.79 Å². The third kappa shape index (κ3) is 5.94. The van der Waals surface area contributed by atoms with Gasteiger partial charge in [-0.25, -0.2) is 4.79 Å². The molecular weight excluding hydrogens is 344 g/mol. The summed E-state index contributed by atoms with van der Waals surface area (Å²) in [5.74, 6) is -0.0223. The lowest BCUT2D eigenvalue weighted by molar-refractivity contribution is -0.136. The first kappa shape index (κ1) is 21.2. The van der Waals surface area contributed by atoms with Crippen LogP contribution in [0.5, 0.6) is 0 Å². The molecule has 1 unspecified atom stereocenters. The molecule has 0 spiro atoms. The van der Waals surface area contributed by atoms with Gasteiger partial charge in [-0.1, -0.05) is 30.3 Å². The minimum atomic E-state index is -0.529. The third-order valence-electron chi connectivity index (χ3n) is 5.21. The van der Waals surface area contributed by atoms with Crippen LogP contribution in [0.1, 0.15) is 12.5 Å². The van der Waals surface area contributed by atoms with Gasteiger partial charge in [0.15, 0.2) is 0 Å². The van der Waals surface area contributed by atoms with E-state index in [0.717, 1.165) is 18.7 Å². The molecule has 1 aromatic rings. The summed E-state index contributed by atoms with van der Waals surface area (Å²) in [5.41, 5.74) is 1.14. The number of carbonyl (C=O) groups excluding carboxylic acids is 2. The summed E-state index contributed by atoms with van der Waals surface area (Å²) in [6.45, 7) is 5.51.